The molecule has 1 saturated carbocycles. The third-order valence-corrected chi connectivity index (χ3v) is 3.36. The minimum absolute atomic E-state index is 0.0152. The first-order valence-corrected chi connectivity index (χ1v) is 5.98. The molecule has 0 bridgehead atoms. The van der Waals surface area contributed by atoms with Gasteiger partial charge in [0.1, 0.15) is 0 Å². The van der Waals surface area contributed by atoms with Crippen LogP contribution in [0.15, 0.2) is 23.3 Å². The molecule has 0 saturated heterocycles. The smallest absolute Gasteiger partial charge is 0.330 e. The van der Waals surface area contributed by atoms with E-state index in [0.717, 1.165) is 6.42 Å². The third-order valence-electron chi connectivity index (χ3n) is 3.36. The molecule has 0 aliphatic heterocycles. The van der Waals surface area contributed by atoms with Crippen LogP contribution in [0.5, 0.6) is 0 Å². The summed E-state index contributed by atoms with van der Waals surface area (Å²) in [6.45, 7) is 4.08. The molecule has 0 spiro atoms. The van der Waals surface area contributed by atoms with E-state index in [-0.39, 0.29) is 17.8 Å². The van der Waals surface area contributed by atoms with Crippen LogP contribution < -0.4 is 0 Å². The molecule has 0 N–H and O–H groups in total. The predicted octanol–water partition coefficient (Wildman–Crippen LogP) is 2.25. The van der Waals surface area contributed by atoms with Gasteiger partial charge in [-0.15, -0.1) is 0 Å². The number of methoxy groups -OCH3 is 2. The second-order valence-electron chi connectivity index (χ2n) is 4.69. The van der Waals surface area contributed by atoms with Gasteiger partial charge in [0.2, 0.25) is 0 Å². The Morgan fingerprint density at radius 1 is 1.17 bits per heavy atom. The van der Waals surface area contributed by atoms with E-state index in [9.17, 15) is 9.59 Å². The monoisotopic (exact) mass is 252 g/mol. The van der Waals surface area contributed by atoms with E-state index in [1.807, 2.05) is 13.8 Å². The van der Waals surface area contributed by atoms with Crippen molar-refractivity contribution in [2.75, 3.05) is 14.2 Å². The van der Waals surface area contributed by atoms with Crippen LogP contribution in [0, 0.1) is 11.8 Å². The summed E-state index contributed by atoms with van der Waals surface area (Å²) in [6.07, 6.45) is 4.65. The maximum atomic E-state index is 11.7. The molecule has 0 aromatic heterocycles. The Morgan fingerprint density at radius 3 is 2.33 bits per heavy atom. The fraction of sp³-hybridized carbons (Fsp3) is 0.571. The number of hydrogen-bond donors (Lipinski definition) is 0. The van der Waals surface area contributed by atoms with E-state index in [1.54, 1.807) is 6.08 Å². The van der Waals surface area contributed by atoms with Crippen molar-refractivity contribution >= 4 is 11.9 Å². The number of carbonyl (C=O) groups excluding carboxylic acids is 2. The molecule has 0 aromatic rings. The first-order chi connectivity index (χ1) is 8.49. The van der Waals surface area contributed by atoms with Crippen molar-refractivity contribution in [2.24, 2.45) is 11.8 Å². The highest BCUT2D eigenvalue weighted by atomic mass is 16.5. The average Bonchev–Trinajstić information content (AvgIpc) is 2.79. The average molecular weight is 252 g/mol. The zero-order chi connectivity index (χ0) is 13.7. The van der Waals surface area contributed by atoms with E-state index in [1.165, 1.54) is 31.4 Å². The quantitative estimate of drug-likeness (QED) is 0.439. The summed E-state index contributed by atoms with van der Waals surface area (Å²) in [5, 5.41) is 0. The lowest BCUT2D eigenvalue weighted by atomic mass is 9.96. The molecule has 18 heavy (non-hydrogen) atoms. The fourth-order valence-corrected chi connectivity index (χ4v) is 2.22. The number of carbonyl (C=O) groups is 2. The topological polar surface area (TPSA) is 52.6 Å². The Labute approximate surface area is 108 Å². The van der Waals surface area contributed by atoms with Gasteiger partial charge in [-0.05, 0) is 32.6 Å². The first kappa shape index (κ1) is 14.5. The molecule has 0 radical (unpaired) electrons. The van der Waals surface area contributed by atoms with Crippen molar-refractivity contribution in [3.05, 3.63) is 23.3 Å². The molecule has 2 atom stereocenters. The summed E-state index contributed by atoms with van der Waals surface area (Å²) in [4.78, 5) is 22.8. The van der Waals surface area contributed by atoms with Crippen molar-refractivity contribution in [1.82, 2.24) is 0 Å². The molecule has 0 aromatic carbocycles. The lowest BCUT2D eigenvalue weighted by molar-refractivity contribution is -0.146. The van der Waals surface area contributed by atoms with Gasteiger partial charge >= 0.3 is 11.9 Å². The van der Waals surface area contributed by atoms with Gasteiger partial charge in [-0.3, -0.25) is 4.79 Å². The lowest BCUT2D eigenvalue weighted by Gasteiger charge is -2.12. The zero-order valence-electron chi connectivity index (χ0n) is 11.4. The van der Waals surface area contributed by atoms with Gasteiger partial charge < -0.3 is 9.47 Å². The minimum atomic E-state index is -0.399. The SMILES string of the molecule is COC(=O)/C=C/C1CC(=C(C)C)CC1C(=O)OC. The van der Waals surface area contributed by atoms with Gasteiger partial charge in [0.05, 0.1) is 20.1 Å². The van der Waals surface area contributed by atoms with E-state index in [4.69, 9.17) is 4.74 Å². The summed E-state index contributed by atoms with van der Waals surface area (Å²) in [6, 6.07) is 0. The standard InChI is InChI=1S/C14H20O4/c1-9(2)11-7-10(5-6-13(15)17-3)12(8-11)14(16)18-4/h5-6,10,12H,7-8H2,1-4H3/b6-5+. The van der Waals surface area contributed by atoms with Crippen LogP contribution in [0.3, 0.4) is 0 Å². The molecule has 2 unspecified atom stereocenters. The first-order valence-electron chi connectivity index (χ1n) is 5.98. The van der Waals surface area contributed by atoms with Gasteiger partial charge in [-0.2, -0.15) is 0 Å². The molecular weight excluding hydrogens is 232 g/mol. The summed E-state index contributed by atoms with van der Waals surface area (Å²) in [7, 11) is 2.73. The lowest BCUT2D eigenvalue weighted by Crippen LogP contribution is -2.19. The molecule has 1 aliphatic carbocycles. The van der Waals surface area contributed by atoms with E-state index < -0.39 is 5.97 Å². The van der Waals surface area contributed by atoms with Gasteiger partial charge in [0, 0.05) is 6.08 Å². The Kier molecular flexibility index (Phi) is 5.13. The second-order valence-corrected chi connectivity index (χ2v) is 4.69. The molecule has 1 fully saturated rings. The van der Waals surface area contributed by atoms with Gasteiger partial charge in [0.15, 0.2) is 0 Å². The van der Waals surface area contributed by atoms with Gasteiger partial charge in [-0.1, -0.05) is 17.2 Å². The summed E-state index contributed by atoms with van der Waals surface area (Å²) < 4.78 is 9.37. The predicted molar refractivity (Wildman–Crippen MR) is 67.8 cm³/mol. The molecule has 0 heterocycles. The van der Waals surface area contributed by atoms with Crippen LogP contribution in [0.1, 0.15) is 26.7 Å². The zero-order valence-corrected chi connectivity index (χ0v) is 11.4. The molecule has 1 aliphatic rings. The van der Waals surface area contributed by atoms with Crippen LogP contribution in [-0.2, 0) is 19.1 Å². The maximum absolute atomic E-state index is 11.7. The Bertz CT molecular complexity index is 389. The largest absolute Gasteiger partial charge is 0.469 e. The van der Waals surface area contributed by atoms with Gasteiger partial charge in [0.25, 0.3) is 0 Å². The number of esters is 2. The molecule has 100 valence electrons. The third kappa shape index (κ3) is 3.45. The molecule has 4 heteroatoms. The number of allylic oxidation sites excluding steroid dienone is 3. The van der Waals surface area contributed by atoms with E-state index in [0.29, 0.717) is 6.42 Å². The van der Waals surface area contributed by atoms with Crippen LogP contribution in [-0.4, -0.2) is 26.2 Å². The van der Waals surface area contributed by atoms with Crippen molar-refractivity contribution < 1.29 is 19.1 Å². The van der Waals surface area contributed by atoms with Gasteiger partial charge in [-0.25, -0.2) is 4.79 Å². The van der Waals surface area contributed by atoms with Crippen LogP contribution >= 0.6 is 0 Å². The van der Waals surface area contributed by atoms with Crippen molar-refractivity contribution in [2.45, 2.75) is 26.7 Å². The van der Waals surface area contributed by atoms with Crippen LogP contribution in [0.25, 0.3) is 0 Å². The summed E-state index contributed by atoms with van der Waals surface area (Å²) >= 11 is 0. The normalized spacial score (nSPS) is 23.2. The Morgan fingerprint density at radius 2 is 1.83 bits per heavy atom. The minimum Gasteiger partial charge on any atom is -0.469 e. The second kappa shape index (κ2) is 6.38. The van der Waals surface area contributed by atoms with E-state index >= 15 is 0 Å². The van der Waals surface area contributed by atoms with E-state index in [2.05, 4.69) is 4.74 Å². The highest BCUT2D eigenvalue weighted by Crippen LogP contribution is 2.39. The van der Waals surface area contributed by atoms with Crippen molar-refractivity contribution in [3.63, 3.8) is 0 Å². The highest BCUT2D eigenvalue weighted by Gasteiger charge is 2.35. The summed E-state index contributed by atoms with van der Waals surface area (Å²) in [5.74, 6) is -0.794. The molecule has 4 nitrogen and oxygen atoms in total. The summed E-state index contributed by atoms with van der Waals surface area (Å²) in [5.41, 5.74) is 2.50. The number of hydrogen-bond acceptors (Lipinski definition) is 4. The molecular formula is C14H20O4. The number of ether oxygens (including phenoxy) is 2. The molecule has 0 amide bonds. The number of rotatable bonds is 3. The Hall–Kier alpha value is -1.58. The molecule has 1 rings (SSSR count). The van der Waals surface area contributed by atoms with Crippen LogP contribution in [0.2, 0.25) is 0 Å². The fourth-order valence-electron chi connectivity index (χ4n) is 2.22. The highest BCUT2D eigenvalue weighted by molar-refractivity contribution is 5.82. The van der Waals surface area contributed by atoms with Crippen LogP contribution in [0.4, 0.5) is 0 Å². The van der Waals surface area contributed by atoms with Crippen molar-refractivity contribution in [1.29, 1.82) is 0 Å². The Balaban J connectivity index is 2.86. The van der Waals surface area contributed by atoms with Crippen molar-refractivity contribution in [3.8, 4) is 0 Å². The maximum Gasteiger partial charge on any atom is 0.330 e.